The molecule has 7 heteroatoms. The molecule has 0 atom stereocenters. The topological polar surface area (TPSA) is 60.9 Å². The number of nitrogen functional groups attached to an aromatic ring is 1. The second kappa shape index (κ2) is 7.15. The van der Waals surface area contributed by atoms with Crippen molar-refractivity contribution in [3.8, 4) is 10.4 Å². The Kier molecular flexibility index (Phi) is 4.72. The van der Waals surface area contributed by atoms with Crippen LogP contribution in [0.5, 0.6) is 0 Å². The number of nitrogens with zero attached hydrogens (tertiary/aromatic N) is 2. The minimum absolute atomic E-state index is 0.226. The summed E-state index contributed by atoms with van der Waals surface area (Å²) in [5.41, 5.74) is 2.59. The molecule has 0 bridgehead atoms. The van der Waals surface area contributed by atoms with Crippen LogP contribution in [0.15, 0.2) is 70.6 Å². The molecular formula is C19H14ClN3OS2. The predicted octanol–water partition coefficient (Wildman–Crippen LogP) is 4.78. The number of hydrogen-bond donors (Lipinski definition) is 1. The van der Waals surface area contributed by atoms with Crippen LogP contribution in [0.25, 0.3) is 20.7 Å². The van der Waals surface area contributed by atoms with Crippen molar-refractivity contribution in [2.24, 2.45) is 0 Å². The predicted molar refractivity (Wildman–Crippen MR) is 110 cm³/mol. The van der Waals surface area contributed by atoms with Crippen molar-refractivity contribution in [2.75, 3.05) is 5.84 Å². The molecule has 4 aromatic rings. The minimum Gasteiger partial charge on any atom is -0.334 e. The van der Waals surface area contributed by atoms with Gasteiger partial charge in [-0.2, -0.15) is 0 Å². The van der Waals surface area contributed by atoms with E-state index in [0.717, 1.165) is 20.7 Å². The van der Waals surface area contributed by atoms with Gasteiger partial charge in [-0.3, -0.25) is 4.79 Å². The zero-order chi connectivity index (χ0) is 18.1. The molecule has 26 heavy (non-hydrogen) atoms. The molecule has 4 nitrogen and oxygen atoms in total. The average molecular weight is 400 g/mol. The Labute approximate surface area is 163 Å². The summed E-state index contributed by atoms with van der Waals surface area (Å²) < 4.78 is 1.69. The number of fused-ring (bicyclic) bond motifs is 1. The van der Waals surface area contributed by atoms with Gasteiger partial charge in [-0.15, -0.1) is 11.3 Å². The van der Waals surface area contributed by atoms with Crippen LogP contribution in [-0.2, 0) is 5.75 Å². The van der Waals surface area contributed by atoms with Gasteiger partial charge in [0.2, 0.25) is 0 Å². The van der Waals surface area contributed by atoms with Gasteiger partial charge in [0.1, 0.15) is 4.70 Å². The third-order valence-corrected chi connectivity index (χ3v) is 6.32. The highest BCUT2D eigenvalue weighted by atomic mass is 35.5. The summed E-state index contributed by atoms with van der Waals surface area (Å²) in [6.07, 6.45) is 0. The molecule has 2 N–H and O–H groups in total. The Hall–Kier alpha value is -2.28. The highest BCUT2D eigenvalue weighted by Gasteiger charge is 2.14. The third-order valence-electron chi connectivity index (χ3n) is 3.89. The summed E-state index contributed by atoms with van der Waals surface area (Å²) in [4.78, 5) is 18.2. The second-order valence-electron chi connectivity index (χ2n) is 5.68. The van der Waals surface area contributed by atoms with E-state index in [2.05, 4.69) is 4.98 Å². The molecule has 4 rings (SSSR count). The number of benzene rings is 2. The zero-order valence-corrected chi connectivity index (χ0v) is 15.9. The molecular weight excluding hydrogens is 386 g/mol. The molecule has 0 saturated carbocycles. The van der Waals surface area contributed by atoms with Crippen molar-refractivity contribution in [3.05, 3.63) is 81.6 Å². The first-order valence-electron chi connectivity index (χ1n) is 7.86. The first-order valence-corrected chi connectivity index (χ1v) is 10.0. The van der Waals surface area contributed by atoms with E-state index in [0.29, 0.717) is 26.1 Å². The Morgan fingerprint density at radius 2 is 1.85 bits per heavy atom. The Morgan fingerprint density at radius 1 is 1.12 bits per heavy atom. The average Bonchev–Trinajstić information content (AvgIpc) is 3.09. The lowest BCUT2D eigenvalue weighted by Crippen LogP contribution is -2.29. The third kappa shape index (κ3) is 3.35. The van der Waals surface area contributed by atoms with Crippen LogP contribution in [-0.4, -0.2) is 9.66 Å². The van der Waals surface area contributed by atoms with Crippen LogP contribution in [0, 0.1) is 0 Å². The smallest absolute Gasteiger partial charge is 0.290 e. The van der Waals surface area contributed by atoms with Gasteiger partial charge in [0.05, 0.1) is 5.52 Å². The van der Waals surface area contributed by atoms with Crippen LogP contribution >= 0.6 is 34.7 Å². The van der Waals surface area contributed by atoms with Crippen molar-refractivity contribution in [2.45, 2.75) is 10.9 Å². The molecule has 0 aliphatic heterocycles. The monoisotopic (exact) mass is 399 g/mol. The summed E-state index contributed by atoms with van der Waals surface area (Å²) in [6.45, 7) is 0. The normalized spacial score (nSPS) is 11.1. The number of rotatable bonds is 4. The van der Waals surface area contributed by atoms with Crippen LogP contribution < -0.4 is 11.4 Å². The maximum atomic E-state index is 12.6. The first kappa shape index (κ1) is 17.1. The maximum Gasteiger partial charge on any atom is 0.290 e. The van der Waals surface area contributed by atoms with Gasteiger partial charge in [-0.1, -0.05) is 65.8 Å². The van der Waals surface area contributed by atoms with Crippen molar-refractivity contribution >= 4 is 44.9 Å². The number of hydrogen-bond acceptors (Lipinski definition) is 5. The molecule has 0 aliphatic carbocycles. The van der Waals surface area contributed by atoms with Crippen molar-refractivity contribution in [1.82, 2.24) is 9.66 Å². The molecule has 0 aliphatic rings. The van der Waals surface area contributed by atoms with Gasteiger partial charge < -0.3 is 5.84 Å². The molecule has 0 unspecified atom stereocenters. The molecule has 130 valence electrons. The summed E-state index contributed by atoms with van der Waals surface area (Å²) in [6, 6.07) is 19.5. The number of thiophene rings is 1. The Balaban J connectivity index is 1.71. The molecule has 2 aromatic carbocycles. The van der Waals surface area contributed by atoms with Gasteiger partial charge in [-0.25, -0.2) is 9.66 Å². The summed E-state index contributed by atoms with van der Waals surface area (Å²) in [7, 11) is 0. The molecule has 0 amide bonds. The molecule has 2 heterocycles. The summed E-state index contributed by atoms with van der Waals surface area (Å²) >= 11 is 8.79. The lowest BCUT2D eigenvalue weighted by molar-refractivity contribution is 0.781. The lowest BCUT2D eigenvalue weighted by atomic mass is 10.2. The highest BCUT2D eigenvalue weighted by Crippen LogP contribution is 2.32. The number of aromatic nitrogens is 2. The minimum atomic E-state index is -0.226. The fourth-order valence-electron chi connectivity index (χ4n) is 2.55. The van der Waals surface area contributed by atoms with E-state index in [1.165, 1.54) is 23.1 Å². The zero-order valence-electron chi connectivity index (χ0n) is 13.6. The largest absolute Gasteiger partial charge is 0.334 e. The fourth-order valence-corrected chi connectivity index (χ4v) is 4.59. The molecule has 0 spiro atoms. The van der Waals surface area contributed by atoms with Crippen LogP contribution in [0.2, 0.25) is 5.02 Å². The molecule has 2 aromatic heterocycles. The van der Waals surface area contributed by atoms with Gasteiger partial charge in [0.15, 0.2) is 5.16 Å². The lowest BCUT2D eigenvalue weighted by Gasteiger charge is -2.06. The van der Waals surface area contributed by atoms with Gasteiger partial charge in [-0.05, 0) is 29.3 Å². The number of halogens is 1. The summed E-state index contributed by atoms with van der Waals surface area (Å²) in [5, 5.41) is 1.18. The highest BCUT2D eigenvalue weighted by molar-refractivity contribution is 7.98. The fraction of sp³-hybridized carbons (Fsp3) is 0.0526. The van der Waals surface area contributed by atoms with Crippen molar-refractivity contribution in [3.63, 3.8) is 0 Å². The van der Waals surface area contributed by atoms with E-state index in [-0.39, 0.29) is 5.56 Å². The SMILES string of the molecule is Nn1c(SCc2ccccc2)nc2cc(-c3ccc(Cl)cc3)sc2c1=O. The van der Waals surface area contributed by atoms with Crippen molar-refractivity contribution in [1.29, 1.82) is 0 Å². The Bertz CT molecular complexity index is 1120. The van der Waals surface area contributed by atoms with E-state index >= 15 is 0 Å². The van der Waals surface area contributed by atoms with E-state index in [1.54, 1.807) is 0 Å². The standard InChI is InChI=1S/C19H14ClN3OS2/c20-14-8-6-13(7-9-14)16-10-15-17(26-16)18(24)23(21)19(22-15)25-11-12-4-2-1-3-5-12/h1-10H,11,21H2. The van der Waals surface area contributed by atoms with Crippen LogP contribution in [0.3, 0.4) is 0 Å². The van der Waals surface area contributed by atoms with Crippen molar-refractivity contribution < 1.29 is 0 Å². The van der Waals surface area contributed by atoms with E-state index in [1.807, 2.05) is 60.7 Å². The van der Waals surface area contributed by atoms with E-state index in [9.17, 15) is 4.79 Å². The second-order valence-corrected chi connectivity index (χ2v) is 8.11. The number of thioether (sulfide) groups is 1. The van der Waals surface area contributed by atoms with E-state index in [4.69, 9.17) is 17.4 Å². The van der Waals surface area contributed by atoms with Crippen LogP contribution in [0.1, 0.15) is 5.56 Å². The Morgan fingerprint density at radius 3 is 2.58 bits per heavy atom. The molecule has 0 saturated heterocycles. The number of nitrogens with two attached hydrogens (primary N) is 1. The van der Waals surface area contributed by atoms with Gasteiger partial charge >= 0.3 is 0 Å². The van der Waals surface area contributed by atoms with Gasteiger partial charge in [0.25, 0.3) is 5.56 Å². The van der Waals surface area contributed by atoms with E-state index < -0.39 is 0 Å². The quantitative estimate of drug-likeness (QED) is 0.304. The molecule has 0 radical (unpaired) electrons. The summed E-state index contributed by atoms with van der Waals surface area (Å²) in [5.74, 6) is 6.69. The first-order chi connectivity index (χ1) is 12.6. The maximum absolute atomic E-state index is 12.6. The van der Waals surface area contributed by atoms with Crippen LogP contribution in [0.4, 0.5) is 0 Å². The molecule has 0 fully saturated rings. The van der Waals surface area contributed by atoms with Gasteiger partial charge in [0, 0.05) is 15.7 Å².